The first kappa shape index (κ1) is 20.6. The predicted octanol–water partition coefficient (Wildman–Crippen LogP) is 5.32. The third-order valence-corrected chi connectivity index (χ3v) is 6.34. The first-order valence-corrected chi connectivity index (χ1v) is 11.1. The molecule has 162 valence electrons. The van der Waals surface area contributed by atoms with E-state index in [0.717, 1.165) is 33.3 Å². The summed E-state index contributed by atoms with van der Waals surface area (Å²) in [5.41, 5.74) is 3.26. The van der Waals surface area contributed by atoms with Crippen molar-refractivity contribution in [3.63, 3.8) is 0 Å². The molecule has 0 bridgehead atoms. The Morgan fingerprint density at radius 1 is 1.00 bits per heavy atom. The molecular weight excluding hydrogens is 473 g/mol. The molecule has 0 saturated carbocycles. The lowest BCUT2D eigenvalue weighted by molar-refractivity contribution is 0.375. The fourth-order valence-electron chi connectivity index (χ4n) is 4.26. The van der Waals surface area contributed by atoms with E-state index in [1.54, 1.807) is 19.2 Å². The highest BCUT2D eigenvalue weighted by Crippen LogP contribution is 2.42. The van der Waals surface area contributed by atoms with Crippen molar-refractivity contribution in [1.29, 1.82) is 0 Å². The number of nitrogens with zero attached hydrogens (tertiary/aromatic N) is 5. The molecule has 32 heavy (non-hydrogen) atoms. The fourth-order valence-corrected chi connectivity index (χ4v) is 4.68. The number of benzene rings is 3. The number of hydrogen-bond acceptors (Lipinski definition) is 5. The zero-order chi connectivity index (χ0) is 22.1. The Balaban J connectivity index is 1.58. The van der Waals surface area contributed by atoms with Gasteiger partial charge in [0.15, 0.2) is 0 Å². The molecule has 4 aromatic rings. The van der Waals surface area contributed by atoms with Gasteiger partial charge in [0, 0.05) is 11.0 Å². The third kappa shape index (κ3) is 3.98. The first-order chi connectivity index (χ1) is 15.6. The lowest BCUT2D eigenvalue weighted by atomic mass is 9.91. The molecule has 1 aliphatic rings. The van der Waals surface area contributed by atoms with Gasteiger partial charge in [0.2, 0.25) is 5.95 Å². The van der Waals surface area contributed by atoms with Gasteiger partial charge in [-0.05, 0) is 69.9 Å². The van der Waals surface area contributed by atoms with Crippen LogP contribution >= 0.6 is 15.9 Å². The van der Waals surface area contributed by atoms with E-state index in [4.69, 9.17) is 4.74 Å². The van der Waals surface area contributed by atoms with Crippen molar-refractivity contribution in [3.8, 4) is 5.75 Å². The van der Waals surface area contributed by atoms with E-state index >= 15 is 0 Å². The van der Waals surface area contributed by atoms with Crippen molar-refractivity contribution < 1.29 is 9.13 Å². The second kappa shape index (κ2) is 8.70. The van der Waals surface area contributed by atoms with Crippen molar-refractivity contribution in [2.45, 2.75) is 25.0 Å². The van der Waals surface area contributed by atoms with E-state index in [9.17, 15) is 4.39 Å². The van der Waals surface area contributed by atoms with Crippen LogP contribution in [-0.2, 0) is 6.54 Å². The smallest absolute Gasteiger partial charge is 0.246 e. The van der Waals surface area contributed by atoms with Crippen LogP contribution in [0.5, 0.6) is 5.75 Å². The van der Waals surface area contributed by atoms with Gasteiger partial charge in [0.1, 0.15) is 11.6 Å². The summed E-state index contributed by atoms with van der Waals surface area (Å²) < 4.78 is 21.7. The minimum Gasteiger partial charge on any atom is -0.497 e. The molecule has 0 N–H and O–H groups in total. The second-order valence-electron chi connectivity index (χ2n) is 7.77. The second-order valence-corrected chi connectivity index (χ2v) is 8.69. The lowest BCUT2D eigenvalue weighted by Crippen LogP contribution is -2.38. The van der Waals surface area contributed by atoms with Crippen molar-refractivity contribution in [1.82, 2.24) is 20.2 Å². The molecule has 3 aromatic carbocycles. The van der Waals surface area contributed by atoms with Gasteiger partial charge in [-0.2, -0.15) is 0 Å². The number of methoxy groups -OCH3 is 1. The Hall–Kier alpha value is -3.26. The number of anilines is 1. The molecule has 2 heterocycles. The number of halogens is 2. The van der Waals surface area contributed by atoms with E-state index in [1.165, 1.54) is 12.1 Å². The van der Waals surface area contributed by atoms with E-state index in [2.05, 4.69) is 60.6 Å². The lowest BCUT2D eigenvalue weighted by Gasteiger charge is -2.40. The highest BCUT2D eigenvalue weighted by atomic mass is 79.9. The summed E-state index contributed by atoms with van der Waals surface area (Å²) in [4.78, 5) is 2.19. The largest absolute Gasteiger partial charge is 0.497 e. The molecule has 0 fully saturated rings. The van der Waals surface area contributed by atoms with Crippen LogP contribution in [0.1, 0.15) is 35.2 Å². The van der Waals surface area contributed by atoms with Crippen LogP contribution in [-0.4, -0.2) is 27.3 Å². The molecule has 8 heteroatoms. The molecule has 2 atom stereocenters. The average Bonchev–Trinajstić information content (AvgIpc) is 3.31. The van der Waals surface area contributed by atoms with Crippen LogP contribution in [0.25, 0.3) is 0 Å². The molecule has 6 nitrogen and oxygen atoms in total. The summed E-state index contributed by atoms with van der Waals surface area (Å²) in [6.07, 6.45) is 0.780. The number of ether oxygens (including phenoxy) is 1. The normalized spacial score (nSPS) is 17.8. The quantitative estimate of drug-likeness (QED) is 0.376. The average molecular weight is 494 g/mol. The van der Waals surface area contributed by atoms with E-state index in [0.29, 0.717) is 12.5 Å². The highest BCUT2D eigenvalue weighted by molar-refractivity contribution is 9.10. The molecular formula is C24H21BrFN5O. The number of tetrazole rings is 1. The zero-order valence-electron chi connectivity index (χ0n) is 17.4. The summed E-state index contributed by atoms with van der Waals surface area (Å²) in [6.45, 7) is 0.563. The van der Waals surface area contributed by atoms with Crippen molar-refractivity contribution >= 4 is 21.9 Å². The SMILES string of the molecule is COc1ccc([C@H]2C[C@@H](c3cccc(Br)c3)N(Cc3ccc(F)cc3)c3nnnn32)cc1. The number of aromatic nitrogens is 4. The van der Waals surface area contributed by atoms with Crippen molar-refractivity contribution in [2.24, 2.45) is 0 Å². The molecule has 0 spiro atoms. The van der Waals surface area contributed by atoms with Gasteiger partial charge in [0.05, 0.1) is 19.2 Å². The summed E-state index contributed by atoms with van der Waals surface area (Å²) in [5, 5.41) is 12.7. The zero-order valence-corrected chi connectivity index (χ0v) is 19.0. The minimum atomic E-state index is -0.250. The number of rotatable bonds is 5. The molecule has 0 radical (unpaired) electrons. The van der Waals surface area contributed by atoms with E-state index < -0.39 is 0 Å². The third-order valence-electron chi connectivity index (χ3n) is 5.85. The van der Waals surface area contributed by atoms with Crippen LogP contribution < -0.4 is 9.64 Å². The molecule has 0 aliphatic carbocycles. The number of fused-ring (bicyclic) bond motifs is 1. The van der Waals surface area contributed by atoms with Gasteiger partial charge in [-0.3, -0.25) is 0 Å². The van der Waals surface area contributed by atoms with Gasteiger partial charge in [-0.25, -0.2) is 9.07 Å². The molecule has 0 unspecified atom stereocenters. The molecule has 1 aromatic heterocycles. The molecule has 0 saturated heterocycles. The standard InChI is InChI=1S/C24H21BrFN5O/c1-32-21-11-7-17(8-12-21)23-14-22(18-3-2-4-19(25)13-18)30(24-27-28-29-31(23)24)15-16-5-9-20(26)10-6-16/h2-13,22-23H,14-15H2,1H3/t22-,23+/m0/s1. The highest BCUT2D eigenvalue weighted by Gasteiger charge is 2.36. The Morgan fingerprint density at radius 2 is 1.78 bits per heavy atom. The Bertz CT molecular complexity index is 1210. The summed E-state index contributed by atoms with van der Waals surface area (Å²) >= 11 is 3.60. The fraction of sp³-hybridized carbons (Fsp3) is 0.208. The van der Waals surface area contributed by atoms with Crippen LogP contribution in [0, 0.1) is 5.82 Å². The monoisotopic (exact) mass is 493 g/mol. The maximum Gasteiger partial charge on any atom is 0.246 e. The van der Waals surface area contributed by atoms with Crippen LogP contribution in [0.4, 0.5) is 10.3 Å². The van der Waals surface area contributed by atoms with Gasteiger partial charge in [-0.15, -0.1) is 0 Å². The summed E-state index contributed by atoms with van der Waals surface area (Å²) in [5.74, 6) is 1.25. The van der Waals surface area contributed by atoms with Crippen LogP contribution in [0.2, 0.25) is 0 Å². The Labute approximate surface area is 193 Å². The molecule has 5 rings (SSSR count). The first-order valence-electron chi connectivity index (χ1n) is 10.3. The Kier molecular flexibility index (Phi) is 5.61. The van der Waals surface area contributed by atoms with E-state index in [1.807, 2.05) is 28.9 Å². The van der Waals surface area contributed by atoms with E-state index in [-0.39, 0.29) is 17.9 Å². The van der Waals surface area contributed by atoms with Gasteiger partial charge in [0.25, 0.3) is 0 Å². The maximum atomic E-state index is 13.5. The topological polar surface area (TPSA) is 56.1 Å². The van der Waals surface area contributed by atoms with Gasteiger partial charge in [-0.1, -0.05) is 57.4 Å². The molecule has 0 amide bonds. The van der Waals surface area contributed by atoms with Crippen molar-refractivity contribution in [2.75, 3.05) is 12.0 Å². The van der Waals surface area contributed by atoms with Crippen molar-refractivity contribution in [3.05, 3.63) is 99.8 Å². The van der Waals surface area contributed by atoms with Gasteiger partial charge >= 0.3 is 0 Å². The maximum absolute atomic E-state index is 13.5. The molecule has 1 aliphatic heterocycles. The van der Waals surface area contributed by atoms with Crippen LogP contribution in [0.15, 0.2) is 77.3 Å². The minimum absolute atomic E-state index is 0.0284. The van der Waals surface area contributed by atoms with Crippen LogP contribution in [0.3, 0.4) is 0 Å². The Morgan fingerprint density at radius 3 is 2.50 bits per heavy atom. The predicted molar refractivity (Wildman–Crippen MR) is 123 cm³/mol. The van der Waals surface area contributed by atoms with Gasteiger partial charge < -0.3 is 9.64 Å². The number of hydrogen-bond donors (Lipinski definition) is 0. The summed E-state index contributed by atoms with van der Waals surface area (Å²) in [6, 6.07) is 22.9. The summed E-state index contributed by atoms with van der Waals surface area (Å²) in [7, 11) is 1.66.